The van der Waals surface area contributed by atoms with Crippen molar-refractivity contribution >= 4 is 0 Å². The van der Waals surface area contributed by atoms with Crippen LogP contribution in [0, 0.1) is 0 Å². The van der Waals surface area contributed by atoms with E-state index in [0.717, 1.165) is 22.3 Å². The smallest absolute Gasteiger partial charge is 0.250 e. The molecule has 3 rings (SSSR count). The van der Waals surface area contributed by atoms with Crippen molar-refractivity contribution < 1.29 is 0 Å². The van der Waals surface area contributed by atoms with Gasteiger partial charge in [0.15, 0.2) is 0 Å². The first kappa shape index (κ1) is 12.4. The lowest BCUT2D eigenvalue weighted by atomic mass is 10.0. The number of benzene rings is 1. The molecule has 2 aromatic heterocycles. The Kier molecular flexibility index (Phi) is 3.17. The van der Waals surface area contributed by atoms with Crippen molar-refractivity contribution in [2.75, 3.05) is 0 Å². The van der Waals surface area contributed by atoms with Crippen LogP contribution in [0.1, 0.15) is 0 Å². The molecule has 3 nitrogen and oxygen atoms in total. The number of pyridine rings is 2. The lowest BCUT2D eigenvalue weighted by Crippen LogP contribution is -2.13. The molecule has 0 unspecified atom stereocenters. The summed E-state index contributed by atoms with van der Waals surface area (Å²) >= 11 is 0. The molecule has 0 aliphatic heterocycles. The van der Waals surface area contributed by atoms with Gasteiger partial charge in [-0.05, 0) is 46.5 Å². The largest absolute Gasteiger partial charge is 0.318 e. The fraction of sp³-hybridized carbons (Fsp3) is 0.0588. The molecule has 0 aliphatic carbocycles. The lowest BCUT2D eigenvalue weighted by molar-refractivity contribution is 0.862. The number of aromatic nitrogens is 2. The predicted molar refractivity (Wildman–Crippen MR) is 80.4 cm³/mol. The van der Waals surface area contributed by atoms with Crippen LogP contribution >= 0.6 is 0 Å². The zero-order valence-corrected chi connectivity index (χ0v) is 11.2. The van der Waals surface area contributed by atoms with E-state index in [0.29, 0.717) is 0 Å². The SMILES string of the molecule is Cn1cc(-c2cccc(-c3ccncc3)c2)ccc1=O. The Morgan fingerprint density at radius 2 is 1.55 bits per heavy atom. The molecule has 0 saturated carbocycles. The molecule has 0 N–H and O–H groups in total. The van der Waals surface area contributed by atoms with E-state index >= 15 is 0 Å². The molecular formula is C17H14N2O. The van der Waals surface area contributed by atoms with Gasteiger partial charge in [-0.25, -0.2) is 0 Å². The number of nitrogens with zero attached hydrogens (tertiary/aromatic N) is 2. The molecule has 0 spiro atoms. The summed E-state index contributed by atoms with van der Waals surface area (Å²) < 4.78 is 1.59. The van der Waals surface area contributed by atoms with Gasteiger partial charge in [-0.3, -0.25) is 9.78 Å². The van der Waals surface area contributed by atoms with Crippen LogP contribution in [-0.2, 0) is 7.05 Å². The highest BCUT2D eigenvalue weighted by atomic mass is 16.1. The lowest BCUT2D eigenvalue weighted by Gasteiger charge is -2.07. The second kappa shape index (κ2) is 5.13. The average Bonchev–Trinajstić information content (AvgIpc) is 2.51. The molecule has 1 aromatic carbocycles. The minimum atomic E-state index is -0.000890. The Labute approximate surface area is 117 Å². The number of hydrogen-bond donors (Lipinski definition) is 0. The van der Waals surface area contributed by atoms with Crippen molar-refractivity contribution in [2.24, 2.45) is 7.05 Å². The summed E-state index contributed by atoms with van der Waals surface area (Å²) in [6, 6.07) is 15.7. The molecule has 0 amide bonds. The summed E-state index contributed by atoms with van der Waals surface area (Å²) in [6.07, 6.45) is 5.43. The topological polar surface area (TPSA) is 34.9 Å². The Morgan fingerprint density at radius 1 is 0.850 bits per heavy atom. The van der Waals surface area contributed by atoms with Crippen LogP contribution in [-0.4, -0.2) is 9.55 Å². The summed E-state index contributed by atoms with van der Waals surface area (Å²) in [5.41, 5.74) is 4.39. The van der Waals surface area contributed by atoms with Crippen LogP contribution in [0.3, 0.4) is 0 Å². The molecule has 3 heteroatoms. The normalized spacial score (nSPS) is 10.4. The van der Waals surface area contributed by atoms with E-state index in [4.69, 9.17) is 0 Å². The summed E-state index contributed by atoms with van der Waals surface area (Å²) in [7, 11) is 1.76. The van der Waals surface area contributed by atoms with Crippen LogP contribution in [0.25, 0.3) is 22.3 Å². The fourth-order valence-corrected chi connectivity index (χ4v) is 2.19. The molecule has 0 aliphatic rings. The van der Waals surface area contributed by atoms with E-state index in [1.54, 1.807) is 30.1 Å². The molecule has 0 bridgehead atoms. The van der Waals surface area contributed by atoms with E-state index in [-0.39, 0.29) is 5.56 Å². The monoisotopic (exact) mass is 262 g/mol. The van der Waals surface area contributed by atoms with Gasteiger partial charge in [0.05, 0.1) is 0 Å². The molecular weight excluding hydrogens is 248 g/mol. The summed E-state index contributed by atoms with van der Waals surface area (Å²) in [4.78, 5) is 15.5. The van der Waals surface area contributed by atoms with Crippen molar-refractivity contribution in [2.45, 2.75) is 0 Å². The molecule has 20 heavy (non-hydrogen) atoms. The molecule has 2 heterocycles. The van der Waals surface area contributed by atoms with Gasteiger partial charge in [0.2, 0.25) is 5.56 Å². The van der Waals surface area contributed by atoms with Crippen LogP contribution in [0.5, 0.6) is 0 Å². The van der Waals surface area contributed by atoms with Crippen molar-refractivity contribution in [1.29, 1.82) is 0 Å². The van der Waals surface area contributed by atoms with E-state index in [2.05, 4.69) is 17.1 Å². The zero-order valence-electron chi connectivity index (χ0n) is 11.2. The van der Waals surface area contributed by atoms with Gasteiger partial charge in [0.1, 0.15) is 0 Å². The predicted octanol–water partition coefficient (Wildman–Crippen LogP) is 3.11. The van der Waals surface area contributed by atoms with Crippen LogP contribution in [0.15, 0.2) is 71.9 Å². The fourth-order valence-electron chi connectivity index (χ4n) is 2.19. The first-order chi connectivity index (χ1) is 9.74. The van der Waals surface area contributed by atoms with E-state index < -0.39 is 0 Å². The van der Waals surface area contributed by atoms with Gasteiger partial charge < -0.3 is 4.57 Å². The second-order valence-corrected chi connectivity index (χ2v) is 4.68. The standard InChI is InChI=1S/C17H14N2O/c1-19-12-16(5-6-17(19)20)15-4-2-3-14(11-15)13-7-9-18-10-8-13/h2-12H,1H3. The van der Waals surface area contributed by atoms with Crippen LogP contribution < -0.4 is 5.56 Å². The summed E-state index contributed by atoms with van der Waals surface area (Å²) in [5.74, 6) is 0. The Morgan fingerprint density at radius 3 is 2.25 bits per heavy atom. The van der Waals surface area contributed by atoms with Crippen LogP contribution in [0.4, 0.5) is 0 Å². The van der Waals surface area contributed by atoms with Crippen molar-refractivity contribution in [3.8, 4) is 22.3 Å². The maximum atomic E-state index is 11.4. The molecule has 0 saturated heterocycles. The van der Waals surface area contributed by atoms with Crippen molar-refractivity contribution in [3.05, 3.63) is 77.5 Å². The Bertz CT molecular complexity index is 791. The third-order valence-corrected chi connectivity index (χ3v) is 3.30. The molecule has 0 radical (unpaired) electrons. The third kappa shape index (κ3) is 2.38. The Balaban J connectivity index is 2.07. The highest BCUT2D eigenvalue weighted by Crippen LogP contribution is 2.25. The minimum absolute atomic E-state index is 0.000890. The van der Waals surface area contributed by atoms with Gasteiger partial charge in [0.25, 0.3) is 0 Å². The minimum Gasteiger partial charge on any atom is -0.318 e. The van der Waals surface area contributed by atoms with Gasteiger partial charge in [0, 0.05) is 31.7 Å². The van der Waals surface area contributed by atoms with Crippen LogP contribution in [0.2, 0.25) is 0 Å². The van der Waals surface area contributed by atoms with Gasteiger partial charge in [-0.15, -0.1) is 0 Å². The maximum absolute atomic E-state index is 11.4. The van der Waals surface area contributed by atoms with Crippen molar-refractivity contribution in [3.63, 3.8) is 0 Å². The highest BCUT2D eigenvalue weighted by Gasteiger charge is 2.02. The third-order valence-electron chi connectivity index (χ3n) is 3.30. The Hall–Kier alpha value is -2.68. The highest BCUT2D eigenvalue weighted by molar-refractivity contribution is 5.72. The number of aryl methyl sites for hydroxylation is 1. The molecule has 0 fully saturated rings. The van der Waals surface area contributed by atoms with Gasteiger partial charge in [-0.2, -0.15) is 0 Å². The second-order valence-electron chi connectivity index (χ2n) is 4.68. The van der Waals surface area contributed by atoms with Gasteiger partial charge in [-0.1, -0.05) is 18.2 Å². The summed E-state index contributed by atoms with van der Waals surface area (Å²) in [5, 5.41) is 0. The number of hydrogen-bond acceptors (Lipinski definition) is 2. The van der Waals surface area contributed by atoms with Gasteiger partial charge >= 0.3 is 0 Å². The quantitative estimate of drug-likeness (QED) is 0.711. The van der Waals surface area contributed by atoms with E-state index in [9.17, 15) is 4.79 Å². The average molecular weight is 262 g/mol. The molecule has 3 aromatic rings. The summed E-state index contributed by atoms with van der Waals surface area (Å²) in [6.45, 7) is 0. The molecule has 0 atom stereocenters. The van der Waals surface area contributed by atoms with E-state index in [1.807, 2.05) is 36.5 Å². The number of rotatable bonds is 2. The first-order valence-corrected chi connectivity index (χ1v) is 6.41. The molecule has 98 valence electrons. The zero-order chi connectivity index (χ0) is 13.9. The van der Waals surface area contributed by atoms with E-state index in [1.165, 1.54) is 0 Å². The van der Waals surface area contributed by atoms with Crippen molar-refractivity contribution in [1.82, 2.24) is 9.55 Å². The maximum Gasteiger partial charge on any atom is 0.250 e. The first-order valence-electron chi connectivity index (χ1n) is 6.41.